The molecule has 0 radical (unpaired) electrons. The largest absolute Gasteiger partial charge is 0.494 e. The maximum absolute atomic E-state index is 12.6. The number of nitrogens with one attached hydrogen (secondary N) is 1. The molecule has 3 rings (SSSR count). The van der Waals surface area contributed by atoms with Gasteiger partial charge in [0, 0.05) is 10.4 Å². The van der Waals surface area contributed by atoms with Gasteiger partial charge in [0.2, 0.25) is 0 Å². The number of hydrogen-bond acceptors (Lipinski definition) is 5. The van der Waals surface area contributed by atoms with Crippen molar-refractivity contribution in [2.75, 3.05) is 11.9 Å². The van der Waals surface area contributed by atoms with Crippen molar-refractivity contribution in [1.82, 2.24) is 4.98 Å². The molecule has 1 N–H and O–H groups in total. The number of unbranched alkanes of at least 4 members (excludes halogenated alkanes) is 1. The Morgan fingerprint density at radius 2 is 1.93 bits per heavy atom. The summed E-state index contributed by atoms with van der Waals surface area (Å²) in [4.78, 5) is 18.1. The molecule has 0 bridgehead atoms. The lowest BCUT2D eigenvalue weighted by Crippen LogP contribution is -2.13. The fraction of sp³-hybridized carbons (Fsp3) is 0.208. The van der Waals surface area contributed by atoms with Crippen molar-refractivity contribution >= 4 is 28.5 Å². The molecule has 2 aromatic carbocycles. The van der Waals surface area contributed by atoms with Crippen molar-refractivity contribution in [2.45, 2.75) is 26.7 Å². The quantitative estimate of drug-likeness (QED) is 0.284. The normalized spacial score (nSPS) is 11.0. The number of ether oxygens (including phenoxy) is 1. The number of aryl methyl sites for hydroxylation is 1. The van der Waals surface area contributed by atoms with Crippen LogP contribution in [0.5, 0.6) is 5.75 Å². The summed E-state index contributed by atoms with van der Waals surface area (Å²) in [5.41, 5.74) is 2.59. The van der Waals surface area contributed by atoms with Crippen molar-refractivity contribution < 1.29 is 9.53 Å². The predicted molar refractivity (Wildman–Crippen MR) is 121 cm³/mol. The lowest BCUT2D eigenvalue weighted by molar-refractivity contribution is -0.112. The molecule has 6 heteroatoms. The van der Waals surface area contributed by atoms with E-state index >= 15 is 0 Å². The van der Waals surface area contributed by atoms with Gasteiger partial charge in [-0.3, -0.25) is 10.1 Å². The zero-order valence-electron chi connectivity index (χ0n) is 17.0. The van der Waals surface area contributed by atoms with Gasteiger partial charge in [0.1, 0.15) is 17.4 Å². The van der Waals surface area contributed by atoms with Crippen molar-refractivity contribution in [1.29, 1.82) is 5.26 Å². The standard InChI is InChI=1S/C24H23N3O2S/c1-3-4-14-29-21-12-10-18(11-13-21)15-20(16-25)23(28)27-24-26-22(17(2)30-24)19-8-6-5-7-9-19/h5-13,15H,3-4,14H2,1-2H3,(H,26,27,28). The number of hydrogen-bond donors (Lipinski definition) is 1. The molecular weight excluding hydrogens is 394 g/mol. The Morgan fingerprint density at radius 1 is 1.20 bits per heavy atom. The second-order valence-corrected chi connectivity index (χ2v) is 7.89. The van der Waals surface area contributed by atoms with Gasteiger partial charge in [-0.1, -0.05) is 55.8 Å². The van der Waals surface area contributed by atoms with Crippen LogP contribution in [0, 0.1) is 18.3 Å². The third-order valence-corrected chi connectivity index (χ3v) is 5.27. The minimum absolute atomic E-state index is 0.0174. The summed E-state index contributed by atoms with van der Waals surface area (Å²) in [5, 5.41) is 12.7. The molecule has 152 valence electrons. The van der Waals surface area contributed by atoms with Gasteiger partial charge in [-0.15, -0.1) is 11.3 Å². The van der Waals surface area contributed by atoms with Gasteiger partial charge in [0.15, 0.2) is 5.13 Å². The summed E-state index contributed by atoms with van der Waals surface area (Å²) in [7, 11) is 0. The molecule has 1 heterocycles. The van der Waals surface area contributed by atoms with E-state index in [9.17, 15) is 10.1 Å². The van der Waals surface area contributed by atoms with Crippen LogP contribution in [0.15, 0.2) is 60.2 Å². The van der Waals surface area contributed by atoms with E-state index < -0.39 is 5.91 Å². The Labute approximate surface area is 180 Å². The predicted octanol–water partition coefficient (Wildman–Crippen LogP) is 5.84. The molecule has 30 heavy (non-hydrogen) atoms. The lowest BCUT2D eigenvalue weighted by atomic mass is 10.1. The molecule has 0 fully saturated rings. The molecule has 5 nitrogen and oxygen atoms in total. The molecule has 3 aromatic rings. The molecule has 0 saturated carbocycles. The van der Waals surface area contributed by atoms with Crippen molar-refractivity contribution in [2.24, 2.45) is 0 Å². The molecule has 0 aliphatic carbocycles. The van der Waals surface area contributed by atoms with Crippen LogP contribution in [0.3, 0.4) is 0 Å². The van der Waals surface area contributed by atoms with Crippen LogP contribution >= 0.6 is 11.3 Å². The van der Waals surface area contributed by atoms with E-state index in [1.807, 2.05) is 67.6 Å². The Kier molecular flexibility index (Phi) is 7.36. The molecule has 0 spiro atoms. The monoisotopic (exact) mass is 417 g/mol. The van der Waals surface area contributed by atoms with E-state index in [1.165, 1.54) is 11.3 Å². The van der Waals surface area contributed by atoms with Crippen LogP contribution < -0.4 is 10.1 Å². The van der Waals surface area contributed by atoms with Gasteiger partial charge in [-0.2, -0.15) is 5.26 Å². The average molecular weight is 418 g/mol. The number of nitrogens with zero attached hydrogens (tertiary/aromatic N) is 2. The first-order valence-corrected chi connectivity index (χ1v) is 10.6. The second-order valence-electron chi connectivity index (χ2n) is 6.68. The summed E-state index contributed by atoms with van der Waals surface area (Å²) < 4.78 is 5.64. The fourth-order valence-electron chi connectivity index (χ4n) is 2.79. The number of thiazole rings is 1. The Bertz CT molecular complexity index is 1060. The number of anilines is 1. The highest BCUT2D eigenvalue weighted by Gasteiger charge is 2.15. The fourth-order valence-corrected chi connectivity index (χ4v) is 3.62. The number of benzene rings is 2. The number of rotatable bonds is 8. The van der Waals surface area contributed by atoms with E-state index in [0.717, 1.165) is 40.3 Å². The second kappa shape index (κ2) is 10.4. The Balaban J connectivity index is 1.70. The number of amides is 1. The Hall–Kier alpha value is -3.43. The summed E-state index contributed by atoms with van der Waals surface area (Å²) in [6.45, 7) is 4.75. The third-order valence-electron chi connectivity index (χ3n) is 4.39. The third kappa shape index (κ3) is 5.56. The van der Waals surface area contributed by atoms with E-state index in [1.54, 1.807) is 6.08 Å². The van der Waals surface area contributed by atoms with Gasteiger partial charge in [-0.05, 0) is 37.1 Å². The van der Waals surface area contributed by atoms with Crippen molar-refractivity contribution in [3.63, 3.8) is 0 Å². The zero-order valence-corrected chi connectivity index (χ0v) is 17.8. The maximum atomic E-state index is 12.6. The van der Waals surface area contributed by atoms with Gasteiger partial charge in [0.05, 0.1) is 12.3 Å². The van der Waals surface area contributed by atoms with Crippen LogP contribution in [-0.2, 0) is 4.79 Å². The van der Waals surface area contributed by atoms with E-state index in [2.05, 4.69) is 17.2 Å². The molecule has 1 amide bonds. The highest BCUT2D eigenvalue weighted by atomic mass is 32.1. The van der Waals surface area contributed by atoms with Crippen LogP contribution in [0.25, 0.3) is 17.3 Å². The SMILES string of the molecule is CCCCOc1ccc(C=C(C#N)C(=O)Nc2nc(-c3ccccc3)c(C)s2)cc1. The molecule has 0 saturated heterocycles. The summed E-state index contributed by atoms with van der Waals surface area (Å²) >= 11 is 1.39. The van der Waals surface area contributed by atoms with Crippen molar-refractivity contribution in [3.8, 4) is 23.1 Å². The molecule has 0 atom stereocenters. The highest BCUT2D eigenvalue weighted by Crippen LogP contribution is 2.30. The number of nitriles is 1. The minimum Gasteiger partial charge on any atom is -0.494 e. The van der Waals surface area contributed by atoms with E-state index in [-0.39, 0.29) is 5.57 Å². The Morgan fingerprint density at radius 3 is 2.60 bits per heavy atom. The van der Waals surface area contributed by atoms with Crippen LogP contribution in [0.1, 0.15) is 30.2 Å². The highest BCUT2D eigenvalue weighted by molar-refractivity contribution is 7.16. The maximum Gasteiger partial charge on any atom is 0.268 e. The van der Waals surface area contributed by atoms with Gasteiger partial charge in [-0.25, -0.2) is 4.98 Å². The molecule has 0 unspecified atom stereocenters. The summed E-state index contributed by atoms with van der Waals surface area (Å²) in [6.07, 6.45) is 3.64. The average Bonchev–Trinajstić information content (AvgIpc) is 3.13. The molecule has 0 aliphatic rings. The smallest absolute Gasteiger partial charge is 0.268 e. The molecule has 0 aliphatic heterocycles. The zero-order chi connectivity index (χ0) is 21.3. The first kappa shape index (κ1) is 21.3. The number of carbonyl (C=O) groups is 1. The van der Waals surface area contributed by atoms with Crippen LogP contribution in [0.4, 0.5) is 5.13 Å². The van der Waals surface area contributed by atoms with Crippen LogP contribution in [-0.4, -0.2) is 17.5 Å². The molecule has 1 aromatic heterocycles. The topological polar surface area (TPSA) is 75.0 Å². The van der Waals surface area contributed by atoms with Crippen LogP contribution in [0.2, 0.25) is 0 Å². The first-order valence-electron chi connectivity index (χ1n) is 9.79. The van der Waals surface area contributed by atoms with Gasteiger partial charge in [0.25, 0.3) is 5.91 Å². The summed E-state index contributed by atoms with van der Waals surface area (Å²) in [5.74, 6) is 0.296. The van der Waals surface area contributed by atoms with Crippen molar-refractivity contribution in [3.05, 3.63) is 70.6 Å². The minimum atomic E-state index is -0.478. The molecular formula is C24H23N3O2S. The van der Waals surface area contributed by atoms with Gasteiger partial charge >= 0.3 is 0 Å². The summed E-state index contributed by atoms with van der Waals surface area (Å²) in [6, 6.07) is 19.1. The number of carbonyl (C=O) groups excluding carboxylic acids is 1. The first-order chi connectivity index (χ1) is 14.6. The number of aromatic nitrogens is 1. The van der Waals surface area contributed by atoms with Gasteiger partial charge < -0.3 is 4.74 Å². The van der Waals surface area contributed by atoms with E-state index in [0.29, 0.717) is 11.7 Å². The lowest BCUT2D eigenvalue weighted by Gasteiger charge is -2.05. The van der Waals surface area contributed by atoms with E-state index in [4.69, 9.17) is 4.74 Å².